The summed E-state index contributed by atoms with van der Waals surface area (Å²) in [6.07, 6.45) is 3.19. The number of aromatic amines is 1. The summed E-state index contributed by atoms with van der Waals surface area (Å²) < 4.78 is 1.38. The summed E-state index contributed by atoms with van der Waals surface area (Å²) in [5.41, 5.74) is 7.55. The van der Waals surface area contributed by atoms with Gasteiger partial charge >= 0.3 is 0 Å². The summed E-state index contributed by atoms with van der Waals surface area (Å²) in [7, 11) is 1.61. The largest absolute Gasteiger partial charge is 0.395 e. The molecule has 0 aliphatic rings. The average Bonchev–Trinajstić information content (AvgIpc) is 2.76. The monoisotopic (exact) mass is 275 g/mol. The van der Waals surface area contributed by atoms with Crippen LogP contribution in [-0.2, 0) is 13.5 Å². The minimum Gasteiger partial charge on any atom is -0.395 e. The summed E-state index contributed by atoms with van der Waals surface area (Å²) in [6, 6.07) is 2.92. The molecule has 20 heavy (non-hydrogen) atoms. The van der Waals surface area contributed by atoms with Crippen molar-refractivity contribution >= 4 is 17.3 Å². The van der Waals surface area contributed by atoms with E-state index in [0.29, 0.717) is 11.4 Å². The Morgan fingerprint density at radius 2 is 2.25 bits per heavy atom. The van der Waals surface area contributed by atoms with Gasteiger partial charge in [0, 0.05) is 19.3 Å². The molecule has 2 aromatic rings. The number of H-pyrrole nitrogens is 1. The van der Waals surface area contributed by atoms with Crippen molar-refractivity contribution in [2.24, 2.45) is 7.05 Å². The van der Waals surface area contributed by atoms with E-state index in [1.165, 1.54) is 22.9 Å². The summed E-state index contributed by atoms with van der Waals surface area (Å²) in [4.78, 5) is 23.4. The zero-order valence-electron chi connectivity index (χ0n) is 11.4. The number of hydrogen-bond acceptors (Lipinski definition) is 4. The number of rotatable bonds is 4. The van der Waals surface area contributed by atoms with E-state index < -0.39 is 5.91 Å². The van der Waals surface area contributed by atoms with Crippen molar-refractivity contribution in [2.45, 2.75) is 19.8 Å². The summed E-state index contributed by atoms with van der Waals surface area (Å²) in [5, 5.41) is 9.37. The second-order valence-corrected chi connectivity index (χ2v) is 4.54. The SMILES string of the molecule is CCCc1[nH]nc(C(=O)Nc2ccc(=O)n(C)c2)c1N. The normalized spacial score (nSPS) is 10.5. The first-order valence-corrected chi connectivity index (χ1v) is 6.33. The number of anilines is 2. The first kappa shape index (κ1) is 13.9. The highest BCUT2D eigenvalue weighted by atomic mass is 16.2. The van der Waals surface area contributed by atoms with Gasteiger partial charge in [-0.25, -0.2) is 0 Å². The molecule has 7 nitrogen and oxygen atoms in total. The number of hydrogen-bond donors (Lipinski definition) is 3. The number of carbonyl (C=O) groups is 1. The molecular formula is C13H17N5O2. The van der Waals surface area contributed by atoms with Gasteiger partial charge in [-0.2, -0.15) is 5.10 Å². The fourth-order valence-corrected chi connectivity index (χ4v) is 1.86. The molecule has 0 fully saturated rings. The van der Waals surface area contributed by atoms with Crippen molar-refractivity contribution in [1.82, 2.24) is 14.8 Å². The summed E-state index contributed by atoms with van der Waals surface area (Å²) >= 11 is 0. The molecule has 0 radical (unpaired) electrons. The maximum Gasteiger partial charge on any atom is 0.278 e. The standard InChI is InChI=1S/C13H17N5O2/c1-3-4-9-11(14)12(17-16-9)13(20)15-8-5-6-10(19)18(2)7-8/h5-7H,3-4,14H2,1-2H3,(H,15,20)(H,16,17). The van der Waals surface area contributed by atoms with Crippen molar-refractivity contribution in [1.29, 1.82) is 0 Å². The van der Waals surface area contributed by atoms with Gasteiger partial charge in [-0.3, -0.25) is 14.7 Å². The van der Waals surface area contributed by atoms with E-state index in [9.17, 15) is 9.59 Å². The van der Waals surface area contributed by atoms with E-state index in [2.05, 4.69) is 15.5 Å². The Morgan fingerprint density at radius 1 is 1.50 bits per heavy atom. The maximum absolute atomic E-state index is 12.1. The van der Waals surface area contributed by atoms with Crippen molar-refractivity contribution in [3.8, 4) is 0 Å². The summed E-state index contributed by atoms with van der Waals surface area (Å²) in [5.74, 6) is -0.403. The predicted molar refractivity (Wildman–Crippen MR) is 76.6 cm³/mol. The average molecular weight is 275 g/mol. The Bertz CT molecular complexity index is 686. The van der Waals surface area contributed by atoms with Crippen LogP contribution in [0.1, 0.15) is 29.5 Å². The first-order valence-electron chi connectivity index (χ1n) is 6.33. The van der Waals surface area contributed by atoms with Gasteiger partial charge in [0.25, 0.3) is 5.91 Å². The van der Waals surface area contributed by atoms with Crippen LogP contribution in [0, 0.1) is 0 Å². The zero-order chi connectivity index (χ0) is 14.7. The molecule has 0 unspecified atom stereocenters. The fraction of sp³-hybridized carbons (Fsp3) is 0.308. The lowest BCUT2D eigenvalue weighted by molar-refractivity contribution is 0.102. The topological polar surface area (TPSA) is 106 Å². The van der Waals surface area contributed by atoms with E-state index in [4.69, 9.17) is 5.73 Å². The van der Waals surface area contributed by atoms with Gasteiger partial charge in [0.15, 0.2) is 5.69 Å². The van der Waals surface area contributed by atoms with Crippen LogP contribution in [0.3, 0.4) is 0 Å². The lowest BCUT2D eigenvalue weighted by atomic mass is 10.2. The second-order valence-electron chi connectivity index (χ2n) is 4.54. The highest BCUT2D eigenvalue weighted by molar-refractivity contribution is 6.06. The Labute approximate surface area is 115 Å². The van der Waals surface area contributed by atoms with Crippen LogP contribution in [0.15, 0.2) is 23.1 Å². The number of aryl methyl sites for hydroxylation is 2. The van der Waals surface area contributed by atoms with E-state index >= 15 is 0 Å². The molecule has 0 bridgehead atoms. The smallest absolute Gasteiger partial charge is 0.278 e. The summed E-state index contributed by atoms with van der Waals surface area (Å²) in [6.45, 7) is 2.02. The minimum absolute atomic E-state index is 0.146. The molecule has 1 amide bonds. The number of carbonyl (C=O) groups excluding carboxylic acids is 1. The first-order chi connectivity index (χ1) is 9.52. The van der Waals surface area contributed by atoms with Gasteiger partial charge in [-0.05, 0) is 12.5 Å². The quantitative estimate of drug-likeness (QED) is 0.770. The highest BCUT2D eigenvalue weighted by Crippen LogP contribution is 2.17. The molecule has 2 heterocycles. The van der Waals surface area contributed by atoms with E-state index in [1.54, 1.807) is 7.05 Å². The number of nitrogens with one attached hydrogen (secondary N) is 2. The van der Waals surface area contributed by atoms with Crippen LogP contribution in [-0.4, -0.2) is 20.7 Å². The molecule has 0 saturated carbocycles. The lowest BCUT2D eigenvalue weighted by Gasteiger charge is -2.05. The molecule has 0 spiro atoms. The van der Waals surface area contributed by atoms with Gasteiger partial charge in [0.05, 0.1) is 17.1 Å². The van der Waals surface area contributed by atoms with Gasteiger partial charge in [-0.15, -0.1) is 0 Å². The van der Waals surface area contributed by atoms with Crippen molar-refractivity contribution in [3.63, 3.8) is 0 Å². The van der Waals surface area contributed by atoms with Gasteiger partial charge in [0.1, 0.15) is 0 Å². The van der Waals surface area contributed by atoms with Gasteiger partial charge in [0.2, 0.25) is 5.56 Å². The third-order valence-electron chi connectivity index (χ3n) is 2.94. The van der Waals surface area contributed by atoms with Crippen molar-refractivity contribution < 1.29 is 4.79 Å². The lowest BCUT2D eigenvalue weighted by Crippen LogP contribution is -2.18. The van der Waals surface area contributed by atoms with Crippen LogP contribution >= 0.6 is 0 Å². The Kier molecular flexibility index (Phi) is 3.88. The molecule has 0 aliphatic carbocycles. The Balaban J connectivity index is 2.19. The highest BCUT2D eigenvalue weighted by Gasteiger charge is 2.17. The Hall–Kier alpha value is -2.57. The van der Waals surface area contributed by atoms with E-state index in [0.717, 1.165) is 18.5 Å². The van der Waals surface area contributed by atoms with Crippen LogP contribution < -0.4 is 16.6 Å². The molecule has 4 N–H and O–H groups in total. The van der Waals surface area contributed by atoms with Gasteiger partial charge < -0.3 is 15.6 Å². The van der Waals surface area contributed by atoms with Crippen LogP contribution in [0.5, 0.6) is 0 Å². The predicted octanol–water partition coefficient (Wildman–Crippen LogP) is 0.895. The second kappa shape index (κ2) is 5.60. The molecule has 0 atom stereocenters. The van der Waals surface area contributed by atoms with E-state index in [-0.39, 0.29) is 11.3 Å². The zero-order valence-corrected chi connectivity index (χ0v) is 11.4. The molecule has 2 rings (SSSR count). The molecule has 7 heteroatoms. The van der Waals surface area contributed by atoms with Crippen LogP contribution in [0.2, 0.25) is 0 Å². The number of nitrogens with zero attached hydrogens (tertiary/aromatic N) is 2. The minimum atomic E-state index is -0.403. The number of amides is 1. The molecule has 0 aliphatic heterocycles. The fourth-order valence-electron chi connectivity index (χ4n) is 1.86. The van der Waals surface area contributed by atoms with Crippen molar-refractivity contribution in [3.05, 3.63) is 40.1 Å². The van der Waals surface area contributed by atoms with E-state index in [1.807, 2.05) is 6.92 Å². The third kappa shape index (κ3) is 2.71. The van der Waals surface area contributed by atoms with Crippen LogP contribution in [0.25, 0.3) is 0 Å². The maximum atomic E-state index is 12.1. The molecule has 106 valence electrons. The molecule has 0 saturated heterocycles. The third-order valence-corrected chi connectivity index (χ3v) is 2.94. The number of nitrogen functional groups attached to an aromatic ring is 1. The number of pyridine rings is 1. The van der Waals surface area contributed by atoms with Crippen LogP contribution in [0.4, 0.5) is 11.4 Å². The Morgan fingerprint density at radius 3 is 2.90 bits per heavy atom. The molecular weight excluding hydrogens is 258 g/mol. The number of nitrogens with two attached hydrogens (primary N) is 1. The van der Waals surface area contributed by atoms with Gasteiger partial charge in [-0.1, -0.05) is 13.3 Å². The molecule has 0 aromatic carbocycles. The van der Waals surface area contributed by atoms with Crippen molar-refractivity contribution in [2.75, 3.05) is 11.1 Å². The molecule has 2 aromatic heterocycles. The number of aromatic nitrogens is 3.